The third kappa shape index (κ3) is 3.85. The van der Waals surface area contributed by atoms with Crippen molar-refractivity contribution in [1.82, 2.24) is 4.98 Å². The van der Waals surface area contributed by atoms with E-state index in [-0.39, 0.29) is 5.91 Å². The SMILES string of the molecule is COc1cc2ccccc2cc1C(=O)Nc1ccc2oc(Cc3ccccc3)nc2c1. The van der Waals surface area contributed by atoms with Crippen LogP contribution in [0.2, 0.25) is 0 Å². The van der Waals surface area contributed by atoms with Gasteiger partial charge in [-0.25, -0.2) is 4.98 Å². The fourth-order valence-electron chi connectivity index (χ4n) is 3.66. The molecular weight excluding hydrogens is 388 g/mol. The van der Waals surface area contributed by atoms with Gasteiger partial charge in [0.1, 0.15) is 11.3 Å². The average molecular weight is 408 g/mol. The van der Waals surface area contributed by atoms with Crippen molar-refractivity contribution in [2.75, 3.05) is 12.4 Å². The average Bonchev–Trinajstić information content (AvgIpc) is 3.20. The van der Waals surface area contributed by atoms with Crippen molar-refractivity contribution in [3.8, 4) is 5.75 Å². The van der Waals surface area contributed by atoms with E-state index in [1.165, 1.54) is 0 Å². The minimum atomic E-state index is -0.241. The van der Waals surface area contributed by atoms with Crippen molar-refractivity contribution in [2.45, 2.75) is 6.42 Å². The smallest absolute Gasteiger partial charge is 0.259 e. The van der Waals surface area contributed by atoms with E-state index in [2.05, 4.69) is 10.3 Å². The molecule has 1 aromatic heterocycles. The van der Waals surface area contributed by atoms with Crippen molar-refractivity contribution in [3.05, 3.63) is 102 Å². The molecule has 5 nitrogen and oxygen atoms in total. The minimum absolute atomic E-state index is 0.241. The van der Waals surface area contributed by atoms with Gasteiger partial charge >= 0.3 is 0 Å². The van der Waals surface area contributed by atoms with Crippen LogP contribution in [-0.2, 0) is 6.42 Å². The minimum Gasteiger partial charge on any atom is -0.496 e. The van der Waals surface area contributed by atoms with Crippen molar-refractivity contribution < 1.29 is 13.9 Å². The molecule has 5 rings (SSSR count). The van der Waals surface area contributed by atoms with Gasteiger partial charge in [-0.1, -0.05) is 54.6 Å². The van der Waals surface area contributed by atoms with Crippen LogP contribution >= 0.6 is 0 Å². The molecule has 0 bridgehead atoms. The van der Waals surface area contributed by atoms with Crippen LogP contribution in [0.4, 0.5) is 5.69 Å². The Morgan fingerprint density at radius 2 is 1.68 bits per heavy atom. The lowest BCUT2D eigenvalue weighted by molar-refractivity contribution is 0.102. The Morgan fingerprint density at radius 3 is 2.45 bits per heavy atom. The number of aromatic nitrogens is 1. The first-order valence-electron chi connectivity index (χ1n) is 10.0. The molecule has 0 atom stereocenters. The molecule has 0 aliphatic carbocycles. The standard InChI is InChI=1S/C26H20N2O3/c1-30-24-15-19-10-6-5-9-18(19)14-21(24)26(29)27-20-11-12-23-22(16-20)28-25(31-23)13-17-7-3-2-4-8-17/h2-12,14-16H,13H2,1H3,(H,27,29). The van der Waals surface area contributed by atoms with E-state index in [1.807, 2.05) is 84.9 Å². The first-order chi connectivity index (χ1) is 15.2. The molecule has 5 aromatic rings. The number of nitrogens with one attached hydrogen (secondary N) is 1. The quantitative estimate of drug-likeness (QED) is 0.397. The second-order valence-electron chi connectivity index (χ2n) is 7.31. The highest BCUT2D eigenvalue weighted by Gasteiger charge is 2.15. The molecule has 0 aliphatic heterocycles. The van der Waals surface area contributed by atoms with E-state index in [0.29, 0.717) is 40.4 Å². The molecular formula is C26H20N2O3. The maximum Gasteiger partial charge on any atom is 0.259 e. The molecule has 1 heterocycles. The first-order valence-corrected chi connectivity index (χ1v) is 10.0. The van der Waals surface area contributed by atoms with E-state index < -0.39 is 0 Å². The van der Waals surface area contributed by atoms with E-state index in [4.69, 9.17) is 9.15 Å². The Hall–Kier alpha value is -4.12. The van der Waals surface area contributed by atoms with Gasteiger partial charge in [-0.2, -0.15) is 0 Å². The molecule has 152 valence electrons. The highest BCUT2D eigenvalue weighted by Crippen LogP contribution is 2.27. The number of ether oxygens (including phenoxy) is 1. The molecule has 4 aromatic carbocycles. The second kappa shape index (κ2) is 7.95. The van der Waals surface area contributed by atoms with Crippen LogP contribution in [0.5, 0.6) is 5.75 Å². The molecule has 0 unspecified atom stereocenters. The number of fused-ring (bicyclic) bond motifs is 2. The van der Waals surface area contributed by atoms with Crippen LogP contribution in [-0.4, -0.2) is 18.0 Å². The van der Waals surface area contributed by atoms with Gasteiger partial charge in [0, 0.05) is 12.1 Å². The molecule has 31 heavy (non-hydrogen) atoms. The molecule has 0 saturated heterocycles. The number of nitrogens with zero attached hydrogens (tertiary/aromatic N) is 1. The zero-order valence-electron chi connectivity index (χ0n) is 17.0. The summed E-state index contributed by atoms with van der Waals surface area (Å²) >= 11 is 0. The Bertz CT molecular complexity index is 1390. The number of rotatable bonds is 5. The predicted molar refractivity (Wildman–Crippen MR) is 122 cm³/mol. The number of carbonyl (C=O) groups excluding carboxylic acids is 1. The molecule has 0 spiro atoms. The summed E-state index contributed by atoms with van der Waals surface area (Å²) in [5.74, 6) is 0.930. The van der Waals surface area contributed by atoms with Gasteiger partial charge in [0.2, 0.25) is 0 Å². The molecule has 1 amide bonds. The normalized spacial score (nSPS) is 11.0. The Balaban J connectivity index is 1.41. The Labute approximate surface area is 179 Å². The number of benzene rings is 4. The number of amides is 1. The summed E-state index contributed by atoms with van der Waals surface area (Å²) in [6.45, 7) is 0. The monoisotopic (exact) mass is 408 g/mol. The van der Waals surface area contributed by atoms with Crippen molar-refractivity contribution >= 4 is 33.5 Å². The van der Waals surface area contributed by atoms with Crippen LogP contribution in [0.15, 0.2) is 89.3 Å². The molecule has 0 fully saturated rings. The summed E-state index contributed by atoms with van der Waals surface area (Å²) in [6.07, 6.45) is 0.617. The van der Waals surface area contributed by atoms with E-state index in [0.717, 1.165) is 16.3 Å². The predicted octanol–water partition coefficient (Wildman–Crippen LogP) is 5.83. The number of anilines is 1. The second-order valence-corrected chi connectivity index (χ2v) is 7.31. The van der Waals surface area contributed by atoms with Gasteiger partial charge in [0.05, 0.1) is 12.7 Å². The van der Waals surface area contributed by atoms with Crippen molar-refractivity contribution in [2.24, 2.45) is 0 Å². The third-order valence-electron chi connectivity index (χ3n) is 5.20. The number of hydrogen-bond acceptors (Lipinski definition) is 4. The van der Waals surface area contributed by atoms with E-state index in [1.54, 1.807) is 7.11 Å². The zero-order chi connectivity index (χ0) is 21.2. The lowest BCUT2D eigenvalue weighted by atomic mass is 10.1. The van der Waals surface area contributed by atoms with Crippen LogP contribution in [0.25, 0.3) is 21.9 Å². The van der Waals surface area contributed by atoms with Crippen LogP contribution in [0.1, 0.15) is 21.8 Å². The van der Waals surface area contributed by atoms with Gasteiger partial charge < -0.3 is 14.5 Å². The Kier molecular flexibility index (Phi) is 4.84. The highest BCUT2D eigenvalue weighted by molar-refractivity contribution is 6.09. The van der Waals surface area contributed by atoms with Gasteiger partial charge in [0.25, 0.3) is 5.91 Å². The lowest BCUT2D eigenvalue weighted by Crippen LogP contribution is -2.13. The molecule has 0 radical (unpaired) electrons. The summed E-state index contributed by atoms with van der Waals surface area (Å²) in [5, 5.41) is 4.95. The maximum absolute atomic E-state index is 13.0. The number of hydrogen-bond donors (Lipinski definition) is 1. The fourth-order valence-corrected chi connectivity index (χ4v) is 3.66. The summed E-state index contributed by atoms with van der Waals surface area (Å²) in [7, 11) is 1.57. The summed E-state index contributed by atoms with van der Waals surface area (Å²) in [6, 6.07) is 27.1. The summed E-state index contributed by atoms with van der Waals surface area (Å²) < 4.78 is 11.3. The number of oxazole rings is 1. The topological polar surface area (TPSA) is 64.4 Å². The molecule has 0 aliphatic rings. The number of methoxy groups -OCH3 is 1. The van der Waals surface area contributed by atoms with Crippen molar-refractivity contribution in [1.29, 1.82) is 0 Å². The van der Waals surface area contributed by atoms with Crippen molar-refractivity contribution in [3.63, 3.8) is 0 Å². The van der Waals surface area contributed by atoms with Gasteiger partial charge in [-0.15, -0.1) is 0 Å². The van der Waals surface area contributed by atoms with E-state index in [9.17, 15) is 4.79 Å². The summed E-state index contributed by atoms with van der Waals surface area (Å²) in [4.78, 5) is 17.6. The first kappa shape index (κ1) is 18.9. The van der Waals surface area contributed by atoms with Gasteiger partial charge in [-0.05, 0) is 46.7 Å². The third-order valence-corrected chi connectivity index (χ3v) is 5.20. The zero-order valence-corrected chi connectivity index (χ0v) is 17.0. The van der Waals surface area contributed by atoms with Gasteiger partial charge in [-0.3, -0.25) is 4.79 Å². The van der Waals surface area contributed by atoms with Crippen LogP contribution < -0.4 is 10.1 Å². The highest BCUT2D eigenvalue weighted by atomic mass is 16.5. The molecule has 5 heteroatoms. The van der Waals surface area contributed by atoms with Crippen LogP contribution in [0, 0.1) is 0 Å². The number of carbonyl (C=O) groups is 1. The summed E-state index contributed by atoms with van der Waals surface area (Å²) in [5.41, 5.74) is 3.64. The van der Waals surface area contributed by atoms with Crippen LogP contribution in [0.3, 0.4) is 0 Å². The molecule has 0 saturated carbocycles. The molecule has 1 N–H and O–H groups in total. The van der Waals surface area contributed by atoms with Gasteiger partial charge in [0.15, 0.2) is 11.5 Å². The maximum atomic E-state index is 13.0. The van der Waals surface area contributed by atoms with E-state index >= 15 is 0 Å². The fraction of sp³-hybridized carbons (Fsp3) is 0.0769. The largest absolute Gasteiger partial charge is 0.496 e. The Morgan fingerprint density at radius 1 is 0.935 bits per heavy atom. The lowest BCUT2D eigenvalue weighted by Gasteiger charge is -2.11.